The number of pyridine rings is 1. The van der Waals surface area contributed by atoms with E-state index in [2.05, 4.69) is 15.6 Å². The van der Waals surface area contributed by atoms with Crippen LogP contribution in [-0.2, 0) is 9.53 Å². The first-order chi connectivity index (χ1) is 12.1. The van der Waals surface area contributed by atoms with E-state index in [9.17, 15) is 9.59 Å². The largest absolute Gasteiger partial charge is 0.368 e. The highest BCUT2D eigenvalue weighted by molar-refractivity contribution is 5.98. The van der Waals surface area contributed by atoms with Crippen molar-refractivity contribution in [3.63, 3.8) is 0 Å². The van der Waals surface area contributed by atoms with Crippen molar-refractivity contribution in [3.05, 3.63) is 59.9 Å². The summed E-state index contributed by atoms with van der Waals surface area (Å²) in [5.74, 6) is -0.363. The van der Waals surface area contributed by atoms with Gasteiger partial charge in [0.05, 0.1) is 6.04 Å². The van der Waals surface area contributed by atoms with E-state index in [0.29, 0.717) is 17.9 Å². The number of nitrogens with one attached hydrogen (secondary N) is 2. The molecule has 130 valence electrons. The second kappa shape index (κ2) is 7.90. The average molecular weight is 339 g/mol. The van der Waals surface area contributed by atoms with E-state index in [1.165, 1.54) is 0 Å². The second-order valence-electron chi connectivity index (χ2n) is 6.05. The molecule has 1 aromatic carbocycles. The van der Waals surface area contributed by atoms with Gasteiger partial charge < -0.3 is 15.4 Å². The summed E-state index contributed by atoms with van der Waals surface area (Å²) >= 11 is 0. The van der Waals surface area contributed by atoms with Gasteiger partial charge in [-0.1, -0.05) is 6.07 Å². The van der Waals surface area contributed by atoms with Crippen LogP contribution in [0.5, 0.6) is 0 Å². The van der Waals surface area contributed by atoms with Crippen LogP contribution in [-0.4, -0.2) is 29.5 Å². The Labute approximate surface area is 146 Å². The summed E-state index contributed by atoms with van der Waals surface area (Å²) in [6.07, 6.45) is 4.62. The van der Waals surface area contributed by atoms with E-state index in [1.54, 1.807) is 36.7 Å². The van der Waals surface area contributed by atoms with Gasteiger partial charge >= 0.3 is 0 Å². The van der Waals surface area contributed by atoms with Crippen molar-refractivity contribution >= 4 is 17.5 Å². The van der Waals surface area contributed by atoms with Crippen LogP contribution in [0.15, 0.2) is 48.8 Å². The van der Waals surface area contributed by atoms with E-state index in [-0.39, 0.29) is 17.9 Å². The minimum atomic E-state index is -0.399. The number of benzene rings is 1. The van der Waals surface area contributed by atoms with Crippen molar-refractivity contribution in [1.82, 2.24) is 10.3 Å². The zero-order valence-corrected chi connectivity index (χ0v) is 14.1. The molecule has 1 aliphatic rings. The molecule has 1 aromatic heterocycles. The molecule has 2 heterocycles. The van der Waals surface area contributed by atoms with Crippen LogP contribution in [0.1, 0.15) is 41.7 Å². The van der Waals surface area contributed by atoms with Crippen LogP contribution in [0.25, 0.3) is 0 Å². The summed E-state index contributed by atoms with van der Waals surface area (Å²) in [6.45, 7) is 2.53. The summed E-state index contributed by atoms with van der Waals surface area (Å²) in [5, 5.41) is 5.76. The molecule has 0 spiro atoms. The number of hydrogen-bond acceptors (Lipinski definition) is 4. The highest BCUT2D eigenvalue weighted by Gasteiger charge is 2.23. The lowest BCUT2D eigenvalue weighted by Gasteiger charge is -2.15. The molecular weight excluding hydrogens is 318 g/mol. The standard InChI is InChI=1S/C19H21N3O3/c1-13(14-7-9-20-10-8-14)21-18(23)15-4-2-5-16(12-15)22-19(24)17-6-3-11-25-17/h2,4-5,7-10,12-13,17H,3,6,11H2,1H3,(H,21,23)(H,22,24)/t13-,17+/m0/s1. The fourth-order valence-corrected chi connectivity index (χ4v) is 2.76. The van der Waals surface area contributed by atoms with Crippen molar-refractivity contribution in [2.75, 3.05) is 11.9 Å². The maximum absolute atomic E-state index is 12.5. The number of carbonyl (C=O) groups excluding carboxylic acids is 2. The predicted octanol–water partition coefficient (Wildman–Crippen LogP) is 2.69. The van der Waals surface area contributed by atoms with Gasteiger partial charge in [0, 0.05) is 30.3 Å². The lowest BCUT2D eigenvalue weighted by Crippen LogP contribution is -2.28. The highest BCUT2D eigenvalue weighted by atomic mass is 16.5. The van der Waals surface area contributed by atoms with Gasteiger partial charge in [-0.05, 0) is 55.7 Å². The van der Waals surface area contributed by atoms with Gasteiger partial charge in [0.2, 0.25) is 0 Å². The van der Waals surface area contributed by atoms with Crippen LogP contribution in [0.3, 0.4) is 0 Å². The molecule has 25 heavy (non-hydrogen) atoms. The zero-order valence-electron chi connectivity index (χ0n) is 14.1. The second-order valence-corrected chi connectivity index (χ2v) is 6.05. The number of aromatic nitrogens is 1. The molecule has 3 rings (SSSR count). The van der Waals surface area contributed by atoms with Crippen LogP contribution < -0.4 is 10.6 Å². The molecular formula is C19H21N3O3. The fourth-order valence-electron chi connectivity index (χ4n) is 2.76. The van der Waals surface area contributed by atoms with E-state index < -0.39 is 6.10 Å². The molecule has 0 aliphatic carbocycles. The number of anilines is 1. The monoisotopic (exact) mass is 339 g/mol. The van der Waals surface area contributed by atoms with Gasteiger partial charge in [-0.3, -0.25) is 14.6 Å². The Morgan fingerprint density at radius 2 is 2.04 bits per heavy atom. The number of amides is 2. The first kappa shape index (κ1) is 17.1. The third-order valence-electron chi connectivity index (χ3n) is 4.17. The van der Waals surface area contributed by atoms with E-state index >= 15 is 0 Å². The third kappa shape index (κ3) is 4.42. The molecule has 1 fully saturated rings. The normalized spacial score (nSPS) is 17.7. The van der Waals surface area contributed by atoms with Crippen LogP contribution >= 0.6 is 0 Å². The average Bonchev–Trinajstić information content (AvgIpc) is 3.17. The van der Waals surface area contributed by atoms with E-state index in [4.69, 9.17) is 4.74 Å². The van der Waals surface area contributed by atoms with E-state index in [1.807, 2.05) is 19.1 Å². The minimum absolute atomic E-state index is 0.138. The Balaban J connectivity index is 1.64. The van der Waals surface area contributed by atoms with Crippen LogP contribution in [0.2, 0.25) is 0 Å². The first-order valence-corrected chi connectivity index (χ1v) is 8.37. The molecule has 1 saturated heterocycles. The smallest absolute Gasteiger partial charge is 0.253 e. The number of carbonyl (C=O) groups is 2. The van der Waals surface area contributed by atoms with Crippen LogP contribution in [0, 0.1) is 0 Å². The molecule has 2 aromatic rings. The minimum Gasteiger partial charge on any atom is -0.368 e. The summed E-state index contributed by atoms with van der Waals surface area (Å²) in [4.78, 5) is 28.5. The SMILES string of the molecule is C[C@H](NC(=O)c1cccc(NC(=O)[C@H]2CCCO2)c1)c1ccncc1. The van der Waals surface area contributed by atoms with E-state index in [0.717, 1.165) is 18.4 Å². The van der Waals surface area contributed by atoms with Gasteiger partial charge in [0.1, 0.15) is 6.10 Å². The Hall–Kier alpha value is -2.73. The van der Waals surface area contributed by atoms with Gasteiger partial charge in [-0.25, -0.2) is 0 Å². The van der Waals surface area contributed by atoms with Gasteiger partial charge in [0.25, 0.3) is 11.8 Å². The summed E-state index contributed by atoms with van der Waals surface area (Å²) < 4.78 is 5.37. The zero-order chi connectivity index (χ0) is 17.6. The van der Waals surface area contributed by atoms with Gasteiger partial charge in [-0.2, -0.15) is 0 Å². The maximum atomic E-state index is 12.5. The van der Waals surface area contributed by atoms with Crippen molar-refractivity contribution in [3.8, 4) is 0 Å². The Morgan fingerprint density at radius 3 is 2.76 bits per heavy atom. The maximum Gasteiger partial charge on any atom is 0.253 e. The Morgan fingerprint density at radius 1 is 1.24 bits per heavy atom. The molecule has 6 heteroatoms. The lowest BCUT2D eigenvalue weighted by molar-refractivity contribution is -0.124. The molecule has 1 aliphatic heterocycles. The van der Waals surface area contributed by atoms with Crippen molar-refractivity contribution in [2.45, 2.75) is 31.9 Å². The highest BCUT2D eigenvalue weighted by Crippen LogP contribution is 2.17. The van der Waals surface area contributed by atoms with Crippen LogP contribution in [0.4, 0.5) is 5.69 Å². The molecule has 2 N–H and O–H groups in total. The van der Waals surface area contributed by atoms with Crippen molar-refractivity contribution in [1.29, 1.82) is 0 Å². The third-order valence-corrected chi connectivity index (χ3v) is 4.17. The topological polar surface area (TPSA) is 80.3 Å². The summed E-state index contributed by atoms with van der Waals surface area (Å²) in [6, 6.07) is 10.5. The number of ether oxygens (including phenoxy) is 1. The molecule has 0 unspecified atom stereocenters. The quantitative estimate of drug-likeness (QED) is 0.878. The van der Waals surface area contributed by atoms with Crippen molar-refractivity contribution in [2.24, 2.45) is 0 Å². The Kier molecular flexibility index (Phi) is 5.40. The Bertz CT molecular complexity index is 743. The summed E-state index contributed by atoms with van der Waals surface area (Å²) in [7, 11) is 0. The molecule has 6 nitrogen and oxygen atoms in total. The molecule has 0 bridgehead atoms. The lowest BCUT2D eigenvalue weighted by atomic mass is 10.1. The summed E-state index contributed by atoms with van der Waals surface area (Å²) in [5.41, 5.74) is 2.06. The van der Waals surface area contributed by atoms with Crippen molar-refractivity contribution < 1.29 is 14.3 Å². The number of nitrogens with zero attached hydrogens (tertiary/aromatic N) is 1. The molecule has 2 amide bonds. The fraction of sp³-hybridized carbons (Fsp3) is 0.316. The molecule has 0 radical (unpaired) electrons. The predicted molar refractivity (Wildman–Crippen MR) is 94.2 cm³/mol. The van der Waals surface area contributed by atoms with Gasteiger partial charge in [-0.15, -0.1) is 0 Å². The molecule has 0 saturated carbocycles. The van der Waals surface area contributed by atoms with Gasteiger partial charge in [0.15, 0.2) is 0 Å². The number of hydrogen-bond donors (Lipinski definition) is 2. The molecule has 2 atom stereocenters. The first-order valence-electron chi connectivity index (χ1n) is 8.37. The number of rotatable bonds is 5.